The van der Waals surface area contributed by atoms with E-state index in [0.717, 1.165) is 29.1 Å². The lowest BCUT2D eigenvalue weighted by Crippen LogP contribution is -2.06. The van der Waals surface area contributed by atoms with Gasteiger partial charge < -0.3 is 5.11 Å². The number of carbonyl (C=O) groups is 1. The van der Waals surface area contributed by atoms with Gasteiger partial charge in [-0.05, 0) is 31.0 Å². The van der Waals surface area contributed by atoms with E-state index < -0.39 is 11.8 Å². The highest BCUT2D eigenvalue weighted by Gasteiger charge is 2.31. The number of carboxylic acids is 1. The molecule has 5 nitrogen and oxygen atoms in total. The second-order valence-electron chi connectivity index (χ2n) is 4.73. The van der Waals surface area contributed by atoms with Crippen molar-refractivity contribution < 1.29 is 14.3 Å². The molecule has 8 heteroatoms. The second-order valence-corrected chi connectivity index (χ2v) is 6.59. The van der Waals surface area contributed by atoms with E-state index in [1.807, 2.05) is 0 Å². The number of rotatable bonds is 5. The van der Waals surface area contributed by atoms with Crippen LogP contribution in [0.4, 0.5) is 4.39 Å². The maximum absolute atomic E-state index is 14.2. The van der Waals surface area contributed by atoms with E-state index in [-0.39, 0.29) is 11.7 Å². The van der Waals surface area contributed by atoms with Crippen LogP contribution in [0.5, 0.6) is 0 Å². The highest BCUT2D eigenvalue weighted by atomic mass is 79.9. The largest absolute Gasteiger partial charge is 0.481 e. The van der Waals surface area contributed by atoms with E-state index in [0.29, 0.717) is 16.7 Å². The maximum Gasteiger partial charge on any atom is 0.313 e. The van der Waals surface area contributed by atoms with Crippen LogP contribution in [-0.4, -0.2) is 31.6 Å². The molecule has 1 saturated carbocycles. The van der Waals surface area contributed by atoms with Gasteiger partial charge in [-0.3, -0.25) is 9.36 Å². The zero-order valence-electron chi connectivity index (χ0n) is 10.8. The van der Waals surface area contributed by atoms with Crippen LogP contribution in [0, 0.1) is 5.82 Å². The maximum atomic E-state index is 14.2. The van der Waals surface area contributed by atoms with Crippen molar-refractivity contribution in [2.45, 2.75) is 23.9 Å². The molecule has 0 saturated heterocycles. The van der Waals surface area contributed by atoms with Gasteiger partial charge in [-0.1, -0.05) is 27.7 Å². The Hall–Kier alpha value is -1.41. The Morgan fingerprint density at radius 1 is 1.48 bits per heavy atom. The summed E-state index contributed by atoms with van der Waals surface area (Å²) in [5.74, 6) is -0.512. The number of hydrogen-bond donors (Lipinski definition) is 1. The standard InChI is InChI=1S/C13H11BrFN3O2S/c14-8-3-4-9(15)10(5-8)18-12(7-1-2-7)16-17-13(18)21-6-11(19)20/h3-5,7H,1-2,6H2,(H,19,20). The molecule has 3 rings (SSSR count). The van der Waals surface area contributed by atoms with Crippen molar-refractivity contribution in [3.05, 3.63) is 34.3 Å². The third-order valence-corrected chi connectivity index (χ3v) is 4.48. The van der Waals surface area contributed by atoms with Crippen molar-refractivity contribution in [3.8, 4) is 5.69 Å². The molecule has 1 heterocycles. The minimum atomic E-state index is -0.947. The summed E-state index contributed by atoms with van der Waals surface area (Å²) in [5.41, 5.74) is 0.337. The molecule has 1 aliphatic carbocycles. The van der Waals surface area contributed by atoms with Crippen LogP contribution in [0.25, 0.3) is 5.69 Å². The molecule has 0 unspecified atom stereocenters. The third kappa shape index (κ3) is 3.11. The van der Waals surface area contributed by atoms with Gasteiger partial charge >= 0.3 is 5.97 Å². The summed E-state index contributed by atoms with van der Waals surface area (Å²) in [6.07, 6.45) is 1.99. The summed E-state index contributed by atoms with van der Waals surface area (Å²) in [4.78, 5) is 10.7. The molecule has 2 aromatic rings. The molecule has 1 N–H and O–H groups in total. The van der Waals surface area contributed by atoms with E-state index in [2.05, 4.69) is 26.1 Å². The van der Waals surface area contributed by atoms with Crippen molar-refractivity contribution in [3.63, 3.8) is 0 Å². The number of aliphatic carboxylic acids is 1. The molecule has 0 radical (unpaired) electrons. The Bertz CT molecular complexity index is 703. The lowest BCUT2D eigenvalue weighted by molar-refractivity contribution is -0.133. The highest BCUT2D eigenvalue weighted by Crippen LogP contribution is 2.41. The number of carboxylic acid groups (broad SMARTS) is 1. The van der Waals surface area contributed by atoms with E-state index >= 15 is 0 Å². The quantitative estimate of drug-likeness (QED) is 0.817. The van der Waals surface area contributed by atoms with E-state index in [9.17, 15) is 9.18 Å². The summed E-state index contributed by atoms with van der Waals surface area (Å²) < 4.78 is 16.5. The van der Waals surface area contributed by atoms with Crippen molar-refractivity contribution in [1.82, 2.24) is 14.8 Å². The summed E-state index contributed by atoms with van der Waals surface area (Å²) in [6, 6.07) is 4.63. The Morgan fingerprint density at radius 2 is 2.24 bits per heavy atom. The molecule has 0 spiro atoms. The van der Waals surface area contributed by atoms with Crippen molar-refractivity contribution >= 4 is 33.7 Å². The monoisotopic (exact) mass is 371 g/mol. The lowest BCUT2D eigenvalue weighted by atomic mass is 10.3. The normalized spacial score (nSPS) is 14.4. The second kappa shape index (κ2) is 5.76. The number of halogens is 2. The Balaban J connectivity index is 2.07. The average molecular weight is 372 g/mol. The summed E-state index contributed by atoms with van der Waals surface area (Å²) in [5, 5.41) is 17.4. The highest BCUT2D eigenvalue weighted by molar-refractivity contribution is 9.10. The zero-order valence-corrected chi connectivity index (χ0v) is 13.2. The van der Waals surface area contributed by atoms with Crippen LogP contribution >= 0.6 is 27.7 Å². The number of benzene rings is 1. The van der Waals surface area contributed by atoms with Gasteiger partial charge in [0.15, 0.2) is 5.16 Å². The molecule has 0 bridgehead atoms. The van der Waals surface area contributed by atoms with Crippen LogP contribution in [0.15, 0.2) is 27.8 Å². The number of hydrogen-bond acceptors (Lipinski definition) is 4. The van der Waals surface area contributed by atoms with Crippen molar-refractivity contribution in [1.29, 1.82) is 0 Å². The first-order valence-corrected chi connectivity index (χ1v) is 8.09. The van der Waals surface area contributed by atoms with Crippen LogP contribution < -0.4 is 0 Å². The Labute approximate surface area is 132 Å². The average Bonchev–Trinajstić information content (AvgIpc) is 3.20. The Kier molecular flexibility index (Phi) is 3.99. The minimum absolute atomic E-state index is 0.140. The molecule has 1 aromatic carbocycles. The Morgan fingerprint density at radius 3 is 2.90 bits per heavy atom. The topological polar surface area (TPSA) is 68.0 Å². The minimum Gasteiger partial charge on any atom is -0.481 e. The molecule has 1 aromatic heterocycles. The molecule has 1 aliphatic rings. The number of aromatic nitrogens is 3. The lowest BCUT2D eigenvalue weighted by Gasteiger charge is -2.10. The van der Waals surface area contributed by atoms with Crippen LogP contribution in [0.3, 0.4) is 0 Å². The first-order valence-electron chi connectivity index (χ1n) is 6.31. The molecule has 110 valence electrons. The van der Waals surface area contributed by atoms with Gasteiger partial charge in [0.25, 0.3) is 0 Å². The number of thioether (sulfide) groups is 1. The van der Waals surface area contributed by atoms with Crippen molar-refractivity contribution in [2.24, 2.45) is 0 Å². The zero-order chi connectivity index (χ0) is 15.0. The molecule has 1 fully saturated rings. The van der Waals surface area contributed by atoms with Crippen molar-refractivity contribution in [2.75, 3.05) is 5.75 Å². The molecular formula is C13H11BrFN3O2S. The summed E-state index contributed by atoms with van der Waals surface area (Å²) in [6.45, 7) is 0. The van der Waals surface area contributed by atoms with Crippen LogP contribution in [0.1, 0.15) is 24.6 Å². The van der Waals surface area contributed by atoms with Gasteiger partial charge in [0.2, 0.25) is 0 Å². The first kappa shape index (κ1) is 14.5. The van der Waals surface area contributed by atoms with E-state index in [1.54, 1.807) is 16.7 Å². The van der Waals surface area contributed by atoms with Gasteiger partial charge in [0, 0.05) is 10.4 Å². The van der Waals surface area contributed by atoms with Crippen LogP contribution in [-0.2, 0) is 4.79 Å². The van der Waals surface area contributed by atoms with Gasteiger partial charge in [-0.15, -0.1) is 10.2 Å². The molecule has 21 heavy (non-hydrogen) atoms. The third-order valence-electron chi connectivity index (χ3n) is 3.07. The molecular weight excluding hydrogens is 361 g/mol. The molecule has 0 amide bonds. The predicted octanol–water partition coefficient (Wildman–Crippen LogP) is 3.22. The number of nitrogens with zero attached hydrogens (tertiary/aromatic N) is 3. The summed E-state index contributed by atoms with van der Waals surface area (Å²) >= 11 is 4.36. The van der Waals surface area contributed by atoms with Gasteiger partial charge in [-0.25, -0.2) is 4.39 Å². The van der Waals surface area contributed by atoms with E-state index in [4.69, 9.17) is 5.11 Å². The van der Waals surface area contributed by atoms with Gasteiger partial charge in [0.1, 0.15) is 11.6 Å². The summed E-state index contributed by atoms with van der Waals surface area (Å²) in [7, 11) is 0. The van der Waals surface area contributed by atoms with Gasteiger partial charge in [0.05, 0.1) is 11.4 Å². The SMILES string of the molecule is O=C(O)CSc1nnc(C2CC2)n1-c1cc(Br)ccc1F. The fourth-order valence-corrected chi connectivity index (χ4v) is 3.01. The molecule has 0 aliphatic heterocycles. The fraction of sp³-hybridized carbons (Fsp3) is 0.308. The predicted molar refractivity (Wildman–Crippen MR) is 79.4 cm³/mol. The first-order chi connectivity index (χ1) is 10.1. The van der Waals surface area contributed by atoms with E-state index in [1.165, 1.54) is 6.07 Å². The van der Waals surface area contributed by atoms with Gasteiger partial charge in [-0.2, -0.15) is 0 Å². The van der Waals surface area contributed by atoms with Crippen LogP contribution in [0.2, 0.25) is 0 Å². The molecule has 0 atom stereocenters. The smallest absolute Gasteiger partial charge is 0.313 e. The fourth-order valence-electron chi connectivity index (χ4n) is 1.99.